The second-order valence-electron chi connectivity index (χ2n) is 7.13. The fourth-order valence-electron chi connectivity index (χ4n) is 3.35. The zero-order valence-electron chi connectivity index (χ0n) is 13.8. The third-order valence-electron chi connectivity index (χ3n) is 5.52. The van der Waals surface area contributed by atoms with Gasteiger partial charge in [-0.25, -0.2) is 0 Å². The molecule has 0 amide bonds. The van der Waals surface area contributed by atoms with Crippen molar-refractivity contribution >= 4 is 5.78 Å². The molecular weight excluding hydrogens is 288 g/mol. The van der Waals surface area contributed by atoms with Crippen LogP contribution >= 0.6 is 0 Å². The first-order valence-electron chi connectivity index (χ1n) is 7.88. The summed E-state index contributed by atoms with van der Waals surface area (Å²) in [6.07, 6.45) is 1.42. The van der Waals surface area contributed by atoms with Crippen LogP contribution in [0.5, 0.6) is 0 Å². The Kier molecular flexibility index (Phi) is 6.95. The number of aliphatic hydroxyl groups is 4. The van der Waals surface area contributed by atoms with E-state index in [1.54, 1.807) is 0 Å². The van der Waals surface area contributed by atoms with Crippen LogP contribution < -0.4 is 0 Å². The summed E-state index contributed by atoms with van der Waals surface area (Å²) in [5.74, 6) is 1.19. The smallest absolute Gasteiger partial charge is 0.139 e. The fraction of sp³-hybridized carbons (Fsp3) is 0.938. The van der Waals surface area contributed by atoms with Crippen molar-refractivity contribution in [3.05, 3.63) is 0 Å². The van der Waals surface area contributed by atoms with Crippen LogP contribution in [0, 0.1) is 16.7 Å². The minimum atomic E-state index is -0.916. The monoisotopic (exact) mass is 318 g/mol. The van der Waals surface area contributed by atoms with Crippen molar-refractivity contribution in [3.63, 3.8) is 0 Å². The lowest BCUT2D eigenvalue weighted by Gasteiger charge is -2.32. The number of Topliss-reactive ketones (excluding diaryl/α,β-unsaturated/α-hetero) is 1. The summed E-state index contributed by atoms with van der Waals surface area (Å²) in [6.45, 7) is 5.87. The highest BCUT2D eigenvalue weighted by Crippen LogP contribution is 2.63. The van der Waals surface area contributed by atoms with Gasteiger partial charge in [-0.05, 0) is 24.2 Å². The SMILES string of the molecule is CC12CCC(CC1=O)C2(C)C.OCC(O)COCC(O)CO. The van der Waals surface area contributed by atoms with Gasteiger partial charge >= 0.3 is 0 Å². The minimum Gasteiger partial charge on any atom is -0.394 e. The van der Waals surface area contributed by atoms with Gasteiger partial charge in [-0.1, -0.05) is 20.8 Å². The Morgan fingerprint density at radius 3 is 1.86 bits per heavy atom. The van der Waals surface area contributed by atoms with Gasteiger partial charge < -0.3 is 25.2 Å². The van der Waals surface area contributed by atoms with Crippen molar-refractivity contribution in [1.82, 2.24) is 0 Å². The molecule has 0 aromatic heterocycles. The molecule has 6 nitrogen and oxygen atoms in total. The minimum absolute atomic E-state index is 0.0255. The van der Waals surface area contributed by atoms with Crippen molar-refractivity contribution in [2.75, 3.05) is 26.4 Å². The maximum absolute atomic E-state index is 11.6. The molecule has 4 unspecified atom stereocenters. The van der Waals surface area contributed by atoms with Crippen LogP contribution in [-0.4, -0.2) is 64.8 Å². The second kappa shape index (κ2) is 7.84. The molecule has 130 valence electrons. The normalized spacial score (nSPS) is 31.6. The lowest BCUT2D eigenvalue weighted by Crippen LogP contribution is -2.32. The van der Waals surface area contributed by atoms with Gasteiger partial charge in [0.05, 0.1) is 26.4 Å². The van der Waals surface area contributed by atoms with Crippen LogP contribution in [0.3, 0.4) is 0 Å². The Balaban J connectivity index is 0.000000220. The Labute approximate surface area is 132 Å². The van der Waals surface area contributed by atoms with Crippen molar-refractivity contribution < 1.29 is 30.0 Å². The van der Waals surface area contributed by atoms with Crippen molar-refractivity contribution in [1.29, 1.82) is 0 Å². The summed E-state index contributed by atoms with van der Waals surface area (Å²) in [5.41, 5.74) is 0.307. The van der Waals surface area contributed by atoms with Crippen LogP contribution in [0.1, 0.15) is 40.0 Å². The maximum Gasteiger partial charge on any atom is 0.139 e. The van der Waals surface area contributed by atoms with Crippen LogP contribution in [0.4, 0.5) is 0 Å². The number of hydrogen-bond donors (Lipinski definition) is 4. The number of carbonyl (C=O) groups excluding carboxylic acids is 1. The number of aliphatic hydroxyl groups excluding tert-OH is 4. The van der Waals surface area contributed by atoms with Crippen LogP contribution in [0.25, 0.3) is 0 Å². The average Bonchev–Trinajstić information content (AvgIpc) is 2.80. The van der Waals surface area contributed by atoms with Crippen molar-refractivity contribution in [2.24, 2.45) is 16.7 Å². The van der Waals surface area contributed by atoms with Crippen LogP contribution in [0.2, 0.25) is 0 Å². The molecule has 22 heavy (non-hydrogen) atoms. The van der Waals surface area contributed by atoms with E-state index in [1.807, 2.05) is 0 Å². The first kappa shape index (κ1) is 19.5. The molecular formula is C16H30O6. The molecule has 2 rings (SSSR count). The van der Waals surface area contributed by atoms with Gasteiger partial charge in [0.2, 0.25) is 0 Å². The van der Waals surface area contributed by atoms with E-state index in [-0.39, 0.29) is 37.3 Å². The zero-order chi connectivity index (χ0) is 17.0. The first-order valence-corrected chi connectivity index (χ1v) is 7.88. The first-order chi connectivity index (χ1) is 10.2. The van der Waals surface area contributed by atoms with Crippen LogP contribution in [0.15, 0.2) is 0 Å². The Hall–Kier alpha value is -0.530. The standard InChI is InChI=1S/C10H16O.C6H14O5/c1-9(2)7-4-5-10(9,3)8(11)6-7;7-1-5(9)3-11-4-6(10)2-8/h7H,4-6H2,1-3H3;5-10H,1-4H2. The number of fused-ring (bicyclic) bond motifs is 2. The molecule has 2 fully saturated rings. The second-order valence-corrected chi connectivity index (χ2v) is 7.13. The van der Waals surface area contributed by atoms with Gasteiger partial charge in [-0.15, -0.1) is 0 Å². The summed E-state index contributed by atoms with van der Waals surface area (Å²) in [7, 11) is 0. The molecule has 4 N–H and O–H groups in total. The predicted molar refractivity (Wildman–Crippen MR) is 81.2 cm³/mol. The summed E-state index contributed by atoms with van der Waals surface area (Å²) in [5, 5.41) is 34.1. The van der Waals surface area contributed by atoms with Crippen molar-refractivity contribution in [3.8, 4) is 0 Å². The van der Waals surface area contributed by atoms with Crippen LogP contribution in [-0.2, 0) is 9.53 Å². The lowest BCUT2D eigenvalue weighted by atomic mass is 9.70. The molecule has 2 aliphatic rings. The van der Waals surface area contributed by atoms with Gasteiger partial charge in [0.15, 0.2) is 0 Å². The largest absolute Gasteiger partial charge is 0.394 e. The van der Waals surface area contributed by atoms with Gasteiger partial charge in [-0.2, -0.15) is 0 Å². The molecule has 2 bridgehead atoms. The molecule has 6 heteroatoms. The van der Waals surface area contributed by atoms with E-state index in [9.17, 15) is 4.79 Å². The van der Waals surface area contributed by atoms with E-state index in [2.05, 4.69) is 20.8 Å². The van der Waals surface area contributed by atoms with E-state index in [1.165, 1.54) is 6.42 Å². The summed E-state index contributed by atoms with van der Waals surface area (Å²) in [6, 6.07) is 0. The fourth-order valence-corrected chi connectivity index (χ4v) is 3.35. The Bertz CT molecular complexity index is 360. The van der Waals surface area contributed by atoms with Crippen molar-refractivity contribution in [2.45, 2.75) is 52.2 Å². The number of ketones is 1. The average molecular weight is 318 g/mol. The molecule has 4 atom stereocenters. The molecule has 0 saturated heterocycles. The molecule has 0 aromatic rings. The highest BCUT2D eigenvalue weighted by molar-refractivity contribution is 5.89. The predicted octanol–water partition coefficient (Wildman–Crippen LogP) is 0.111. The van der Waals surface area contributed by atoms with E-state index in [4.69, 9.17) is 25.2 Å². The highest BCUT2D eigenvalue weighted by atomic mass is 16.5. The maximum atomic E-state index is 11.6. The van der Waals surface area contributed by atoms with Gasteiger partial charge in [0.25, 0.3) is 0 Å². The molecule has 0 spiro atoms. The molecule has 2 saturated carbocycles. The third-order valence-corrected chi connectivity index (χ3v) is 5.52. The molecule has 0 aromatic carbocycles. The van der Waals surface area contributed by atoms with Gasteiger partial charge in [-0.3, -0.25) is 4.79 Å². The van der Waals surface area contributed by atoms with E-state index < -0.39 is 12.2 Å². The van der Waals surface area contributed by atoms with Gasteiger partial charge in [0.1, 0.15) is 18.0 Å². The zero-order valence-corrected chi connectivity index (χ0v) is 13.8. The lowest BCUT2D eigenvalue weighted by molar-refractivity contribution is -0.128. The van der Waals surface area contributed by atoms with E-state index in [0.717, 1.165) is 12.8 Å². The summed E-state index contributed by atoms with van der Waals surface area (Å²) < 4.78 is 4.72. The highest BCUT2D eigenvalue weighted by Gasteiger charge is 2.61. The number of rotatable bonds is 6. The number of carbonyl (C=O) groups is 1. The van der Waals surface area contributed by atoms with E-state index in [0.29, 0.717) is 11.7 Å². The Morgan fingerprint density at radius 2 is 1.64 bits per heavy atom. The Morgan fingerprint density at radius 1 is 1.14 bits per heavy atom. The number of ether oxygens (including phenoxy) is 1. The quantitative estimate of drug-likeness (QED) is 0.554. The molecule has 0 radical (unpaired) electrons. The van der Waals surface area contributed by atoms with E-state index >= 15 is 0 Å². The summed E-state index contributed by atoms with van der Waals surface area (Å²) in [4.78, 5) is 11.6. The molecule has 2 aliphatic carbocycles. The molecule has 0 heterocycles. The number of hydrogen-bond acceptors (Lipinski definition) is 6. The topological polar surface area (TPSA) is 107 Å². The van der Waals surface area contributed by atoms with Gasteiger partial charge in [0, 0.05) is 11.8 Å². The molecule has 0 aliphatic heterocycles. The third kappa shape index (κ3) is 4.06. The summed E-state index contributed by atoms with van der Waals surface area (Å²) >= 11 is 0.